The molecule has 2 aliphatic heterocycles. The van der Waals surface area contributed by atoms with Gasteiger partial charge in [-0.2, -0.15) is 0 Å². The van der Waals surface area contributed by atoms with E-state index in [9.17, 15) is 19.5 Å². The van der Waals surface area contributed by atoms with Crippen LogP contribution in [0.25, 0.3) is 0 Å². The molecule has 204 valence electrons. The molecule has 0 aromatic heterocycles. The topological polar surface area (TPSA) is 102 Å². The Kier molecular flexibility index (Phi) is 9.22. The van der Waals surface area contributed by atoms with Crippen LogP contribution < -0.4 is 10.6 Å². The molecule has 1 saturated carbocycles. The fourth-order valence-electron chi connectivity index (χ4n) is 6.79. The van der Waals surface area contributed by atoms with E-state index >= 15 is 0 Å². The number of carboxylic acid groups (broad SMARTS) is 1. The smallest absolute Gasteiger partial charge is 0.405 e. The second-order valence-corrected chi connectivity index (χ2v) is 11.4. The van der Waals surface area contributed by atoms with E-state index in [0.717, 1.165) is 18.4 Å². The van der Waals surface area contributed by atoms with Crippen LogP contribution in [0.1, 0.15) is 77.2 Å². The van der Waals surface area contributed by atoms with E-state index in [1.807, 2.05) is 28.9 Å². The van der Waals surface area contributed by atoms with Crippen molar-refractivity contribution in [3.63, 3.8) is 0 Å². The van der Waals surface area contributed by atoms with Crippen LogP contribution in [0.5, 0.6) is 0 Å². The first-order valence-electron chi connectivity index (χ1n) is 13.9. The highest BCUT2D eigenvalue weighted by molar-refractivity contribution is 6.30. The van der Waals surface area contributed by atoms with E-state index < -0.39 is 12.1 Å². The predicted molar refractivity (Wildman–Crippen MR) is 144 cm³/mol. The lowest BCUT2D eigenvalue weighted by Gasteiger charge is -2.42. The van der Waals surface area contributed by atoms with Gasteiger partial charge in [0.05, 0.1) is 0 Å². The van der Waals surface area contributed by atoms with Crippen LogP contribution in [0.4, 0.5) is 9.59 Å². The Hall–Kier alpha value is -2.48. The lowest BCUT2D eigenvalue weighted by atomic mass is 9.84. The van der Waals surface area contributed by atoms with Crippen molar-refractivity contribution in [1.82, 2.24) is 20.4 Å². The molecule has 2 bridgehead atoms. The number of amides is 4. The van der Waals surface area contributed by atoms with Crippen LogP contribution in [-0.2, 0) is 11.2 Å². The molecule has 4 rings (SSSR count). The van der Waals surface area contributed by atoms with Gasteiger partial charge in [0.15, 0.2) is 0 Å². The lowest BCUT2D eigenvalue weighted by molar-refractivity contribution is -0.138. The normalized spacial score (nSPS) is 25.3. The molecule has 37 heavy (non-hydrogen) atoms. The van der Waals surface area contributed by atoms with Crippen LogP contribution in [0.3, 0.4) is 0 Å². The van der Waals surface area contributed by atoms with Crippen molar-refractivity contribution in [3.05, 3.63) is 34.9 Å². The third kappa shape index (κ3) is 6.70. The first-order chi connectivity index (χ1) is 17.8. The third-order valence-corrected chi connectivity index (χ3v) is 8.94. The van der Waals surface area contributed by atoms with E-state index in [4.69, 9.17) is 11.6 Å². The zero-order valence-electron chi connectivity index (χ0n) is 22.0. The first kappa shape index (κ1) is 27.6. The largest absolute Gasteiger partial charge is 0.465 e. The van der Waals surface area contributed by atoms with E-state index in [-0.39, 0.29) is 42.5 Å². The van der Waals surface area contributed by atoms with Crippen molar-refractivity contribution in [3.8, 4) is 0 Å². The Morgan fingerprint density at radius 2 is 1.68 bits per heavy atom. The molecule has 2 heterocycles. The van der Waals surface area contributed by atoms with E-state index in [1.165, 1.54) is 32.1 Å². The number of piperidine rings is 1. The Balaban J connectivity index is 1.38. The summed E-state index contributed by atoms with van der Waals surface area (Å²) >= 11 is 5.98. The zero-order valence-corrected chi connectivity index (χ0v) is 22.8. The van der Waals surface area contributed by atoms with E-state index in [0.29, 0.717) is 30.3 Å². The van der Waals surface area contributed by atoms with Crippen LogP contribution in [-0.4, -0.2) is 69.7 Å². The number of hydrogen-bond acceptors (Lipinski definition) is 3. The van der Waals surface area contributed by atoms with Crippen molar-refractivity contribution in [2.45, 2.75) is 108 Å². The maximum Gasteiger partial charge on any atom is 0.405 e. The maximum atomic E-state index is 13.6. The Morgan fingerprint density at radius 3 is 2.24 bits per heavy atom. The number of hydrogen-bond donors (Lipinski definition) is 3. The third-order valence-electron chi connectivity index (χ3n) is 8.69. The van der Waals surface area contributed by atoms with Gasteiger partial charge in [-0.1, -0.05) is 43.0 Å². The van der Waals surface area contributed by atoms with Crippen molar-refractivity contribution >= 4 is 29.6 Å². The van der Waals surface area contributed by atoms with Gasteiger partial charge >= 0.3 is 12.1 Å². The zero-order chi connectivity index (χ0) is 26.5. The Labute approximate surface area is 225 Å². The van der Waals surface area contributed by atoms with Gasteiger partial charge in [0.1, 0.15) is 6.04 Å². The van der Waals surface area contributed by atoms with Gasteiger partial charge in [-0.05, 0) is 76.0 Å². The minimum atomic E-state index is -1.21. The van der Waals surface area contributed by atoms with Crippen LogP contribution in [0.15, 0.2) is 24.3 Å². The van der Waals surface area contributed by atoms with Crippen molar-refractivity contribution < 1.29 is 19.5 Å². The number of rotatable bonds is 8. The standard InChI is InChI=1S/C28H41ClN4O4/c1-3-32(18(2)20-7-5-4-6-8-20)27(35)30-22-16-23-13-14-24(17-22)33(23)26(34)25(31-28(36)37)15-19-9-11-21(29)12-10-19/h9-12,18,20,22-25,31H,3-8,13-17H2,1-2H3,(H,30,35)(H,36,37)/t18?,22?,23?,24?,25-/m1/s1. The molecule has 3 aliphatic rings. The van der Waals surface area contributed by atoms with E-state index in [2.05, 4.69) is 17.6 Å². The number of nitrogens with one attached hydrogen (secondary N) is 2. The van der Waals surface area contributed by atoms with Gasteiger partial charge in [-0.3, -0.25) is 4.79 Å². The molecule has 4 amide bonds. The number of benzene rings is 1. The predicted octanol–water partition coefficient (Wildman–Crippen LogP) is 5.04. The second kappa shape index (κ2) is 12.4. The highest BCUT2D eigenvalue weighted by Crippen LogP contribution is 2.37. The molecule has 4 atom stereocenters. The second-order valence-electron chi connectivity index (χ2n) is 11.0. The molecule has 0 spiro atoms. The van der Waals surface area contributed by atoms with Crippen LogP contribution in [0, 0.1) is 5.92 Å². The monoisotopic (exact) mass is 532 g/mol. The summed E-state index contributed by atoms with van der Waals surface area (Å²) in [4.78, 5) is 42.2. The molecule has 3 fully saturated rings. The van der Waals surface area contributed by atoms with Gasteiger partial charge < -0.3 is 25.5 Å². The van der Waals surface area contributed by atoms with Gasteiger partial charge in [0, 0.05) is 42.2 Å². The summed E-state index contributed by atoms with van der Waals surface area (Å²) in [6.45, 7) is 4.90. The lowest BCUT2D eigenvalue weighted by Crippen LogP contribution is -2.59. The average molecular weight is 533 g/mol. The van der Waals surface area contributed by atoms with Crippen LogP contribution in [0.2, 0.25) is 5.02 Å². The summed E-state index contributed by atoms with van der Waals surface area (Å²) < 4.78 is 0. The minimum absolute atomic E-state index is 0.00194. The van der Waals surface area contributed by atoms with Gasteiger partial charge in [-0.25, -0.2) is 9.59 Å². The molecule has 9 heteroatoms. The fourth-order valence-corrected chi connectivity index (χ4v) is 6.91. The van der Waals surface area contributed by atoms with Gasteiger partial charge in [-0.15, -0.1) is 0 Å². The molecule has 0 radical (unpaired) electrons. The average Bonchev–Trinajstić information content (AvgIpc) is 3.15. The summed E-state index contributed by atoms with van der Waals surface area (Å²) in [6.07, 6.45) is 8.38. The number of carbonyl (C=O) groups excluding carboxylic acids is 2. The minimum Gasteiger partial charge on any atom is -0.465 e. The number of urea groups is 1. The first-order valence-corrected chi connectivity index (χ1v) is 14.3. The highest BCUT2D eigenvalue weighted by Gasteiger charge is 2.45. The summed E-state index contributed by atoms with van der Waals surface area (Å²) in [6, 6.07) is 6.50. The SMILES string of the molecule is CCN(C(=O)NC1CC2CCC(C1)N2C(=O)[C@@H](Cc1ccc(Cl)cc1)NC(=O)O)C(C)C1CCCCC1. The van der Waals surface area contributed by atoms with Crippen molar-refractivity contribution in [2.75, 3.05) is 6.54 Å². The molecule has 3 unspecified atom stereocenters. The summed E-state index contributed by atoms with van der Waals surface area (Å²) in [7, 11) is 0. The number of halogens is 1. The molecule has 8 nitrogen and oxygen atoms in total. The summed E-state index contributed by atoms with van der Waals surface area (Å²) in [5, 5.41) is 15.7. The molecular formula is C28H41ClN4O4. The quantitative estimate of drug-likeness (QED) is 0.436. The van der Waals surface area contributed by atoms with Crippen LogP contribution >= 0.6 is 11.6 Å². The van der Waals surface area contributed by atoms with E-state index in [1.54, 1.807) is 12.1 Å². The van der Waals surface area contributed by atoms with Crippen molar-refractivity contribution in [1.29, 1.82) is 0 Å². The van der Waals surface area contributed by atoms with Crippen molar-refractivity contribution in [2.24, 2.45) is 5.92 Å². The molecular weight excluding hydrogens is 492 g/mol. The Morgan fingerprint density at radius 1 is 1.05 bits per heavy atom. The molecule has 1 aromatic carbocycles. The summed E-state index contributed by atoms with van der Waals surface area (Å²) in [5.41, 5.74) is 0.845. The highest BCUT2D eigenvalue weighted by atomic mass is 35.5. The molecule has 2 saturated heterocycles. The number of nitrogens with zero attached hydrogens (tertiary/aromatic N) is 2. The molecule has 1 aliphatic carbocycles. The molecule has 3 N–H and O–H groups in total. The number of fused-ring (bicyclic) bond motifs is 2. The molecule has 1 aromatic rings. The number of carbonyl (C=O) groups is 3. The fraction of sp³-hybridized carbons (Fsp3) is 0.679. The summed E-state index contributed by atoms with van der Waals surface area (Å²) in [5.74, 6) is 0.380. The maximum absolute atomic E-state index is 13.6. The Bertz CT molecular complexity index is 938. The van der Waals surface area contributed by atoms with Gasteiger partial charge in [0.25, 0.3) is 0 Å². The van der Waals surface area contributed by atoms with Gasteiger partial charge in [0.2, 0.25) is 5.91 Å².